The van der Waals surface area contributed by atoms with Crippen LogP contribution in [-0.4, -0.2) is 62.3 Å². The highest BCUT2D eigenvalue weighted by Gasteiger charge is 2.11. The monoisotopic (exact) mass is 261 g/mol. The third-order valence-electron chi connectivity index (χ3n) is 1.76. The lowest BCUT2D eigenvalue weighted by atomic mass is 10.5. The smallest absolute Gasteiger partial charge is 0.309 e. The van der Waals surface area contributed by atoms with Crippen LogP contribution in [0.25, 0.3) is 0 Å². The lowest BCUT2D eigenvalue weighted by molar-refractivity contribution is -0.139. The predicted molar refractivity (Wildman–Crippen MR) is 62.6 cm³/mol. The number of carbonyl (C=O) groups is 3. The minimum atomic E-state index is -0.762. The van der Waals surface area contributed by atoms with Crippen LogP contribution in [0.2, 0.25) is 0 Å². The van der Waals surface area contributed by atoms with E-state index in [1.165, 1.54) is 6.92 Å². The molecule has 104 valence electrons. The molecule has 0 aromatic heterocycles. The van der Waals surface area contributed by atoms with Crippen LogP contribution < -0.4 is 16.0 Å². The summed E-state index contributed by atoms with van der Waals surface area (Å²) in [6, 6.07) is 0. The molecule has 0 aromatic carbocycles. The van der Waals surface area contributed by atoms with Gasteiger partial charge in [0.2, 0.25) is 5.91 Å². The van der Waals surface area contributed by atoms with Gasteiger partial charge >= 0.3 is 11.8 Å². The van der Waals surface area contributed by atoms with Gasteiger partial charge in [0.15, 0.2) is 0 Å². The van der Waals surface area contributed by atoms with Crippen molar-refractivity contribution in [2.24, 2.45) is 0 Å². The van der Waals surface area contributed by atoms with Gasteiger partial charge in [0.05, 0.1) is 19.8 Å². The molecule has 0 bridgehead atoms. The third kappa shape index (κ3) is 9.55. The summed E-state index contributed by atoms with van der Waals surface area (Å²) in [5.41, 5.74) is 0. The molecule has 8 nitrogen and oxygen atoms in total. The summed E-state index contributed by atoms with van der Waals surface area (Å²) in [6.07, 6.45) is 0. The number of hydrogen-bond acceptors (Lipinski definition) is 5. The van der Waals surface area contributed by atoms with E-state index in [9.17, 15) is 14.4 Å². The van der Waals surface area contributed by atoms with E-state index in [1.807, 2.05) is 0 Å². The van der Waals surface area contributed by atoms with Crippen molar-refractivity contribution in [1.29, 1.82) is 0 Å². The Balaban J connectivity index is 3.51. The topological polar surface area (TPSA) is 117 Å². The largest absolute Gasteiger partial charge is 0.394 e. The fourth-order valence-electron chi connectivity index (χ4n) is 0.978. The molecule has 8 heteroatoms. The van der Waals surface area contributed by atoms with E-state index in [1.54, 1.807) is 0 Å². The molecule has 0 radical (unpaired) electrons. The van der Waals surface area contributed by atoms with Crippen LogP contribution in [0.15, 0.2) is 0 Å². The highest BCUT2D eigenvalue weighted by Crippen LogP contribution is 1.73. The first-order chi connectivity index (χ1) is 8.57. The summed E-state index contributed by atoms with van der Waals surface area (Å²) in [7, 11) is 0. The summed E-state index contributed by atoms with van der Waals surface area (Å²) in [5, 5.41) is 15.6. The first kappa shape index (κ1) is 16.3. The van der Waals surface area contributed by atoms with Gasteiger partial charge in [0, 0.05) is 26.6 Å². The van der Waals surface area contributed by atoms with Crippen molar-refractivity contribution >= 4 is 17.7 Å². The van der Waals surface area contributed by atoms with E-state index in [-0.39, 0.29) is 45.4 Å². The summed E-state index contributed by atoms with van der Waals surface area (Å²) in [5.74, 6) is -1.72. The van der Waals surface area contributed by atoms with Crippen molar-refractivity contribution in [3.63, 3.8) is 0 Å². The second-order valence-electron chi connectivity index (χ2n) is 3.33. The van der Waals surface area contributed by atoms with E-state index in [0.717, 1.165) is 0 Å². The Labute approximate surface area is 105 Å². The molecule has 0 heterocycles. The maximum atomic E-state index is 11.2. The molecule has 0 fully saturated rings. The molecule has 0 aromatic rings. The van der Waals surface area contributed by atoms with E-state index >= 15 is 0 Å². The normalized spacial score (nSPS) is 9.67. The van der Waals surface area contributed by atoms with Gasteiger partial charge in [-0.15, -0.1) is 0 Å². The van der Waals surface area contributed by atoms with Crippen molar-refractivity contribution in [1.82, 2.24) is 16.0 Å². The van der Waals surface area contributed by atoms with Gasteiger partial charge in [-0.1, -0.05) is 0 Å². The minimum absolute atomic E-state index is 0.0857. The minimum Gasteiger partial charge on any atom is -0.394 e. The molecule has 3 amide bonds. The van der Waals surface area contributed by atoms with Crippen molar-refractivity contribution in [3.05, 3.63) is 0 Å². The average molecular weight is 261 g/mol. The van der Waals surface area contributed by atoms with Crippen LogP contribution in [0.1, 0.15) is 6.92 Å². The predicted octanol–water partition coefficient (Wildman–Crippen LogP) is -2.64. The second-order valence-corrected chi connectivity index (χ2v) is 3.33. The number of amides is 3. The standard InChI is InChI=1S/C10H19N3O5/c1-8(15)11-2-3-12-9(16)10(17)13-4-6-18-7-5-14/h14H,2-7H2,1H3,(H,11,15)(H,12,16)(H,13,17). The molecule has 4 N–H and O–H groups in total. The van der Waals surface area contributed by atoms with E-state index in [2.05, 4.69) is 16.0 Å². The SMILES string of the molecule is CC(=O)NCCNC(=O)C(=O)NCCOCCO. The quantitative estimate of drug-likeness (QED) is 0.281. The van der Waals surface area contributed by atoms with Crippen molar-refractivity contribution in [2.45, 2.75) is 6.92 Å². The number of rotatable bonds is 8. The number of aliphatic hydroxyl groups excluding tert-OH is 1. The van der Waals surface area contributed by atoms with Crippen molar-refractivity contribution < 1.29 is 24.2 Å². The third-order valence-corrected chi connectivity index (χ3v) is 1.76. The number of ether oxygens (including phenoxy) is 1. The maximum absolute atomic E-state index is 11.2. The summed E-state index contributed by atoms with van der Waals surface area (Å²) >= 11 is 0. The van der Waals surface area contributed by atoms with E-state index < -0.39 is 11.8 Å². The molecule has 0 aliphatic rings. The van der Waals surface area contributed by atoms with Crippen molar-refractivity contribution in [3.8, 4) is 0 Å². The number of hydrogen-bond donors (Lipinski definition) is 4. The lowest BCUT2D eigenvalue weighted by Gasteiger charge is -2.07. The molecule has 0 unspecified atom stereocenters. The van der Waals surface area contributed by atoms with Crippen LogP contribution >= 0.6 is 0 Å². The number of nitrogens with one attached hydrogen (secondary N) is 3. The molecule has 0 rings (SSSR count). The number of carbonyl (C=O) groups excluding carboxylic acids is 3. The highest BCUT2D eigenvalue weighted by molar-refractivity contribution is 6.35. The first-order valence-corrected chi connectivity index (χ1v) is 5.57. The van der Waals surface area contributed by atoms with Gasteiger partial charge in [-0.05, 0) is 0 Å². The van der Waals surface area contributed by atoms with Crippen LogP contribution in [0.3, 0.4) is 0 Å². The Bertz CT molecular complexity index is 283. The van der Waals surface area contributed by atoms with Gasteiger partial charge in [-0.2, -0.15) is 0 Å². The Kier molecular flexibility index (Phi) is 9.51. The second kappa shape index (κ2) is 10.5. The zero-order valence-electron chi connectivity index (χ0n) is 10.3. The highest BCUT2D eigenvalue weighted by atomic mass is 16.5. The molecule has 0 spiro atoms. The zero-order valence-corrected chi connectivity index (χ0v) is 10.3. The molecule has 0 aliphatic heterocycles. The van der Waals surface area contributed by atoms with Crippen molar-refractivity contribution in [2.75, 3.05) is 39.5 Å². The Hall–Kier alpha value is -1.67. The van der Waals surface area contributed by atoms with Gasteiger partial charge in [-0.3, -0.25) is 14.4 Å². The summed E-state index contributed by atoms with van der Waals surface area (Å²) in [4.78, 5) is 32.9. The van der Waals surface area contributed by atoms with Gasteiger partial charge in [0.25, 0.3) is 0 Å². The lowest BCUT2D eigenvalue weighted by Crippen LogP contribution is -2.43. The molecular weight excluding hydrogens is 242 g/mol. The molecule has 0 aliphatic carbocycles. The first-order valence-electron chi connectivity index (χ1n) is 5.57. The van der Waals surface area contributed by atoms with Gasteiger partial charge in [-0.25, -0.2) is 0 Å². The Morgan fingerprint density at radius 3 is 2.06 bits per heavy atom. The molecule has 18 heavy (non-hydrogen) atoms. The van der Waals surface area contributed by atoms with Crippen LogP contribution in [0, 0.1) is 0 Å². The Morgan fingerprint density at radius 1 is 0.944 bits per heavy atom. The molecule has 0 saturated carbocycles. The fourth-order valence-corrected chi connectivity index (χ4v) is 0.978. The van der Waals surface area contributed by atoms with Crippen LogP contribution in [0.5, 0.6) is 0 Å². The van der Waals surface area contributed by atoms with E-state index in [4.69, 9.17) is 9.84 Å². The maximum Gasteiger partial charge on any atom is 0.309 e. The Morgan fingerprint density at radius 2 is 1.50 bits per heavy atom. The van der Waals surface area contributed by atoms with Crippen LogP contribution in [0.4, 0.5) is 0 Å². The van der Waals surface area contributed by atoms with Gasteiger partial charge in [0.1, 0.15) is 0 Å². The zero-order chi connectivity index (χ0) is 13.8. The summed E-state index contributed by atoms with van der Waals surface area (Å²) in [6.45, 7) is 2.35. The fraction of sp³-hybridized carbons (Fsp3) is 0.700. The van der Waals surface area contributed by atoms with Gasteiger partial charge < -0.3 is 25.8 Å². The molecule has 0 saturated heterocycles. The number of aliphatic hydroxyl groups is 1. The summed E-state index contributed by atoms with van der Waals surface area (Å²) < 4.78 is 4.89. The molecule has 0 atom stereocenters. The average Bonchev–Trinajstić information content (AvgIpc) is 2.33. The van der Waals surface area contributed by atoms with E-state index in [0.29, 0.717) is 0 Å². The molecular formula is C10H19N3O5. The van der Waals surface area contributed by atoms with Crippen LogP contribution in [-0.2, 0) is 19.1 Å².